The van der Waals surface area contributed by atoms with Crippen LogP contribution in [0.25, 0.3) is 0 Å². The van der Waals surface area contributed by atoms with E-state index in [1.807, 2.05) is 0 Å². The molecule has 0 rings (SSSR count). The first-order chi connectivity index (χ1) is 8.38. The quantitative estimate of drug-likeness (QED) is 0.696. The molecule has 0 fully saturated rings. The van der Waals surface area contributed by atoms with E-state index in [0.29, 0.717) is 0 Å². The molecule has 0 aliphatic carbocycles. The number of hydrogen-bond donors (Lipinski definition) is 0. The number of rotatable bonds is 4. The Morgan fingerprint density at radius 2 is 0.950 bits per heavy atom. The van der Waals surface area contributed by atoms with Gasteiger partial charge in [-0.25, -0.2) is 4.39 Å². The molecule has 20 heavy (non-hydrogen) atoms. The average Bonchev–Trinajstić information content (AvgIpc) is 2.12. The van der Waals surface area contributed by atoms with E-state index in [-0.39, 0.29) is 0 Å². The van der Waals surface area contributed by atoms with Crippen LogP contribution in [-0.2, 0) is 4.74 Å². The van der Waals surface area contributed by atoms with Crippen LogP contribution in [0.2, 0.25) is 0 Å². The summed E-state index contributed by atoms with van der Waals surface area (Å²) in [5.41, 5.74) is 0. The summed E-state index contributed by atoms with van der Waals surface area (Å²) in [5, 5.41) is 0. The van der Waals surface area contributed by atoms with Crippen LogP contribution in [0.1, 0.15) is 0 Å². The monoisotopic (exact) mass is 336 g/mol. The summed E-state index contributed by atoms with van der Waals surface area (Å²) in [7, 11) is 0. The van der Waals surface area contributed by atoms with Crippen molar-refractivity contribution in [2.24, 2.45) is 0 Å². The third kappa shape index (κ3) is 3.20. The van der Waals surface area contributed by atoms with Gasteiger partial charge >= 0.3 is 30.3 Å². The van der Waals surface area contributed by atoms with Crippen LogP contribution in [0.5, 0.6) is 0 Å². The van der Waals surface area contributed by atoms with Gasteiger partial charge in [-0.1, -0.05) is 0 Å². The second-order valence-corrected chi connectivity index (χ2v) is 3.14. The van der Waals surface area contributed by atoms with Crippen LogP contribution >= 0.6 is 0 Å². The molecule has 0 saturated carbocycles. The van der Waals surface area contributed by atoms with Crippen molar-refractivity contribution in [1.82, 2.24) is 0 Å². The standard InChI is InChI=1S/C6HF13O/c7-1(2(8,9)4(12,13)14)20-6(18,19)3(10,11)5(15,16)17/h1H. The first-order valence-corrected chi connectivity index (χ1v) is 3.96. The SMILES string of the molecule is FC(OC(F)(F)C(F)(F)C(F)(F)F)C(F)(F)C(F)(F)F. The number of alkyl halides is 13. The summed E-state index contributed by atoms with van der Waals surface area (Å²) in [6, 6.07) is 0. The number of hydrogen-bond acceptors (Lipinski definition) is 1. The third-order valence-electron chi connectivity index (χ3n) is 1.64. The van der Waals surface area contributed by atoms with E-state index in [0.717, 1.165) is 0 Å². The zero-order valence-electron chi connectivity index (χ0n) is 8.40. The first kappa shape index (κ1) is 19.1. The molecule has 0 saturated heterocycles. The summed E-state index contributed by atoms with van der Waals surface area (Å²) in [4.78, 5) is 0. The molecule has 14 heteroatoms. The highest BCUT2D eigenvalue weighted by molar-refractivity contribution is 4.87. The maximum atomic E-state index is 12.2. The Hall–Kier alpha value is -0.950. The van der Waals surface area contributed by atoms with Crippen LogP contribution in [-0.4, -0.2) is 36.7 Å². The van der Waals surface area contributed by atoms with Crippen molar-refractivity contribution in [3.63, 3.8) is 0 Å². The van der Waals surface area contributed by atoms with Gasteiger partial charge in [0.25, 0.3) is 6.36 Å². The first-order valence-electron chi connectivity index (χ1n) is 3.96. The predicted molar refractivity (Wildman–Crippen MR) is 32.9 cm³/mol. The third-order valence-corrected chi connectivity index (χ3v) is 1.64. The molecule has 0 N–H and O–H groups in total. The van der Waals surface area contributed by atoms with Crippen LogP contribution < -0.4 is 0 Å². The summed E-state index contributed by atoms with van der Waals surface area (Å²) in [6.45, 7) is 0. The Balaban J connectivity index is 5.32. The lowest BCUT2D eigenvalue weighted by Gasteiger charge is -2.31. The van der Waals surface area contributed by atoms with E-state index in [2.05, 4.69) is 0 Å². The Bertz CT molecular complexity index is 338. The van der Waals surface area contributed by atoms with Gasteiger partial charge in [-0.15, -0.1) is 0 Å². The van der Waals surface area contributed by atoms with Gasteiger partial charge in [0.05, 0.1) is 0 Å². The molecule has 122 valence electrons. The minimum absolute atomic E-state index is 1.68. The van der Waals surface area contributed by atoms with Gasteiger partial charge in [0.1, 0.15) is 0 Å². The second-order valence-electron chi connectivity index (χ2n) is 3.14. The van der Waals surface area contributed by atoms with Crippen molar-refractivity contribution >= 4 is 0 Å². The normalized spacial score (nSPS) is 17.2. The molecule has 1 nitrogen and oxygen atoms in total. The molecular formula is C6HF13O. The fraction of sp³-hybridized carbons (Fsp3) is 1.00. The molecule has 0 bridgehead atoms. The van der Waals surface area contributed by atoms with Gasteiger partial charge in [-0.05, 0) is 0 Å². The lowest BCUT2D eigenvalue weighted by Crippen LogP contribution is -2.57. The molecule has 0 aromatic heterocycles. The number of halogens is 13. The Morgan fingerprint density at radius 3 is 1.20 bits per heavy atom. The van der Waals surface area contributed by atoms with Crippen molar-refractivity contribution in [2.75, 3.05) is 0 Å². The van der Waals surface area contributed by atoms with Crippen LogP contribution in [0.3, 0.4) is 0 Å². The summed E-state index contributed by atoms with van der Waals surface area (Å²) in [5.74, 6) is -13.9. The second kappa shape index (κ2) is 4.80. The summed E-state index contributed by atoms with van der Waals surface area (Å²) in [6.07, 6.45) is -26.4. The van der Waals surface area contributed by atoms with Gasteiger partial charge in [-0.2, -0.15) is 52.7 Å². The Morgan fingerprint density at radius 1 is 0.600 bits per heavy atom. The molecule has 0 aliphatic heterocycles. The van der Waals surface area contributed by atoms with Gasteiger partial charge < -0.3 is 0 Å². The largest absolute Gasteiger partial charge is 0.462 e. The zero-order valence-corrected chi connectivity index (χ0v) is 8.40. The molecule has 0 heterocycles. The van der Waals surface area contributed by atoms with E-state index < -0.39 is 36.7 Å². The molecular weight excluding hydrogens is 335 g/mol. The van der Waals surface area contributed by atoms with Crippen molar-refractivity contribution in [1.29, 1.82) is 0 Å². The highest BCUT2D eigenvalue weighted by Gasteiger charge is 2.77. The Labute approximate surface area is 99.8 Å². The summed E-state index contributed by atoms with van der Waals surface area (Å²) < 4.78 is 155. The molecule has 0 spiro atoms. The highest BCUT2D eigenvalue weighted by atomic mass is 19.4. The maximum absolute atomic E-state index is 12.2. The lowest BCUT2D eigenvalue weighted by molar-refractivity contribution is -0.462. The zero-order chi connectivity index (χ0) is 16.8. The lowest BCUT2D eigenvalue weighted by atomic mass is 10.3. The van der Waals surface area contributed by atoms with Crippen molar-refractivity contribution < 1.29 is 61.8 Å². The van der Waals surface area contributed by atoms with Gasteiger partial charge in [0.2, 0.25) is 0 Å². The highest BCUT2D eigenvalue weighted by Crippen LogP contribution is 2.49. The average molecular weight is 336 g/mol. The predicted octanol–water partition coefficient (Wildman–Crippen LogP) is 4.29. The molecule has 1 atom stereocenters. The molecule has 0 aromatic carbocycles. The minimum atomic E-state index is -7.19. The van der Waals surface area contributed by atoms with E-state index in [1.54, 1.807) is 4.74 Å². The van der Waals surface area contributed by atoms with E-state index in [4.69, 9.17) is 0 Å². The van der Waals surface area contributed by atoms with Crippen LogP contribution in [0, 0.1) is 0 Å². The Kier molecular flexibility index (Phi) is 4.58. The van der Waals surface area contributed by atoms with Crippen molar-refractivity contribution in [2.45, 2.75) is 36.7 Å². The van der Waals surface area contributed by atoms with E-state index >= 15 is 0 Å². The van der Waals surface area contributed by atoms with Crippen molar-refractivity contribution in [3.8, 4) is 0 Å². The maximum Gasteiger partial charge on any atom is 0.462 e. The topological polar surface area (TPSA) is 9.23 Å². The molecule has 0 aliphatic rings. The van der Waals surface area contributed by atoms with Gasteiger partial charge in [0.15, 0.2) is 0 Å². The fourth-order valence-electron chi connectivity index (χ4n) is 0.572. The fourth-order valence-corrected chi connectivity index (χ4v) is 0.572. The van der Waals surface area contributed by atoms with Gasteiger partial charge in [0, 0.05) is 0 Å². The summed E-state index contributed by atoms with van der Waals surface area (Å²) >= 11 is 0. The van der Waals surface area contributed by atoms with Crippen LogP contribution in [0.15, 0.2) is 0 Å². The molecule has 0 amide bonds. The molecule has 0 radical (unpaired) electrons. The number of ether oxygens (including phenoxy) is 1. The van der Waals surface area contributed by atoms with Crippen LogP contribution in [0.4, 0.5) is 57.1 Å². The molecule has 1 unspecified atom stereocenters. The van der Waals surface area contributed by atoms with Gasteiger partial charge in [-0.3, -0.25) is 4.74 Å². The minimum Gasteiger partial charge on any atom is -0.274 e. The van der Waals surface area contributed by atoms with E-state index in [1.165, 1.54) is 0 Å². The van der Waals surface area contributed by atoms with E-state index in [9.17, 15) is 57.1 Å². The van der Waals surface area contributed by atoms with Crippen molar-refractivity contribution in [3.05, 3.63) is 0 Å². The molecule has 0 aromatic rings. The smallest absolute Gasteiger partial charge is 0.274 e.